The molecule has 0 fully saturated rings. The average Bonchev–Trinajstić information content (AvgIpc) is 2.86. The van der Waals surface area contributed by atoms with Crippen molar-refractivity contribution in [2.24, 2.45) is 5.73 Å². The van der Waals surface area contributed by atoms with E-state index in [2.05, 4.69) is 4.98 Å². The minimum Gasteiger partial charge on any atom is -0.316 e. The monoisotopic (exact) mass is 248 g/mol. The second-order valence-electron chi connectivity index (χ2n) is 4.53. The Bertz CT molecular complexity index is 579. The van der Waals surface area contributed by atoms with Gasteiger partial charge in [0.05, 0.1) is 5.54 Å². The lowest BCUT2D eigenvalue weighted by atomic mass is 9.94. The Balaban J connectivity index is 2.17. The number of fused-ring (bicyclic) bond motifs is 1. The normalized spacial score (nSPS) is 22.8. The third-order valence-electron chi connectivity index (χ3n) is 3.37. The molecule has 88 valence electrons. The Morgan fingerprint density at radius 3 is 3.00 bits per heavy atom. The number of nitrogens with zero attached hydrogens (tertiary/aromatic N) is 1. The van der Waals surface area contributed by atoms with Gasteiger partial charge in [-0.2, -0.15) is 0 Å². The fraction of sp³-hybridized carbons (Fsp3) is 0.308. The van der Waals surface area contributed by atoms with Crippen molar-refractivity contribution < 1.29 is 4.39 Å². The molecule has 0 saturated carbocycles. The molecule has 1 aromatic carbocycles. The first-order valence-electron chi connectivity index (χ1n) is 5.60. The van der Waals surface area contributed by atoms with Crippen LogP contribution in [-0.4, -0.2) is 4.98 Å². The molecule has 0 saturated heterocycles. The molecule has 3 rings (SSSR count). The van der Waals surface area contributed by atoms with Gasteiger partial charge >= 0.3 is 0 Å². The van der Waals surface area contributed by atoms with Crippen molar-refractivity contribution in [2.75, 3.05) is 0 Å². The van der Waals surface area contributed by atoms with Gasteiger partial charge in [-0.25, -0.2) is 9.37 Å². The van der Waals surface area contributed by atoms with Gasteiger partial charge in [-0.15, -0.1) is 11.3 Å². The lowest BCUT2D eigenvalue weighted by molar-refractivity contribution is 0.530. The zero-order valence-corrected chi connectivity index (χ0v) is 10.4. The van der Waals surface area contributed by atoms with Crippen LogP contribution in [0.25, 0.3) is 0 Å². The summed E-state index contributed by atoms with van der Waals surface area (Å²) in [7, 11) is 0. The summed E-state index contributed by atoms with van der Waals surface area (Å²) in [6, 6.07) is 5.14. The van der Waals surface area contributed by atoms with Gasteiger partial charge in [0.1, 0.15) is 10.8 Å². The molecule has 0 amide bonds. The molecule has 2 aromatic rings. The summed E-state index contributed by atoms with van der Waals surface area (Å²) in [5.74, 6) is -0.150. The zero-order valence-electron chi connectivity index (χ0n) is 9.53. The van der Waals surface area contributed by atoms with Crippen molar-refractivity contribution in [3.05, 3.63) is 51.2 Å². The van der Waals surface area contributed by atoms with Crippen molar-refractivity contribution in [1.82, 2.24) is 4.98 Å². The van der Waals surface area contributed by atoms with Crippen molar-refractivity contribution >= 4 is 11.3 Å². The maximum Gasteiger partial charge on any atom is 0.126 e. The summed E-state index contributed by atoms with van der Waals surface area (Å²) in [5.41, 5.74) is 8.47. The molecule has 1 aliphatic rings. The molecule has 1 heterocycles. The van der Waals surface area contributed by atoms with E-state index in [0.717, 1.165) is 28.2 Å². The molecule has 17 heavy (non-hydrogen) atoms. The number of hydrogen-bond donors (Lipinski definition) is 1. The maximum atomic E-state index is 13.7. The van der Waals surface area contributed by atoms with E-state index in [1.807, 2.05) is 18.4 Å². The SMILES string of the molecule is Cc1csc(C2(N)CCc3c(F)cccc32)n1. The largest absolute Gasteiger partial charge is 0.316 e. The van der Waals surface area contributed by atoms with E-state index in [0.29, 0.717) is 6.42 Å². The van der Waals surface area contributed by atoms with Crippen LogP contribution in [0.5, 0.6) is 0 Å². The molecule has 1 aliphatic carbocycles. The summed E-state index contributed by atoms with van der Waals surface area (Å²) < 4.78 is 13.7. The molecular weight excluding hydrogens is 235 g/mol. The van der Waals surface area contributed by atoms with Crippen LogP contribution in [0.3, 0.4) is 0 Å². The fourth-order valence-electron chi connectivity index (χ4n) is 2.47. The van der Waals surface area contributed by atoms with E-state index in [4.69, 9.17) is 5.73 Å². The minimum atomic E-state index is -0.601. The van der Waals surface area contributed by atoms with Crippen LogP contribution in [0.4, 0.5) is 4.39 Å². The highest BCUT2D eigenvalue weighted by atomic mass is 32.1. The number of rotatable bonds is 1. The number of hydrogen-bond acceptors (Lipinski definition) is 3. The Labute approximate surface area is 103 Å². The molecule has 2 N–H and O–H groups in total. The van der Waals surface area contributed by atoms with Gasteiger partial charge < -0.3 is 5.73 Å². The Morgan fingerprint density at radius 1 is 1.47 bits per heavy atom. The van der Waals surface area contributed by atoms with Crippen molar-refractivity contribution in [1.29, 1.82) is 0 Å². The summed E-state index contributed by atoms with van der Waals surface area (Å²) in [5, 5.41) is 2.88. The second kappa shape index (κ2) is 3.62. The van der Waals surface area contributed by atoms with Gasteiger partial charge in [-0.3, -0.25) is 0 Å². The predicted molar refractivity (Wildman–Crippen MR) is 66.5 cm³/mol. The van der Waals surface area contributed by atoms with E-state index >= 15 is 0 Å². The average molecular weight is 248 g/mol. The molecular formula is C13H13FN2S. The van der Waals surface area contributed by atoms with Crippen LogP contribution in [0.2, 0.25) is 0 Å². The topological polar surface area (TPSA) is 38.9 Å². The lowest BCUT2D eigenvalue weighted by Gasteiger charge is -2.22. The third-order valence-corrected chi connectivity index (χ3v) is 4.51. The number of benzene rings is 1. The molecule has 0 spiro atoms. The number of aryl methyl sites for hydroxylation is 1. The smallest absolute Gasteiger partial charge is 0.126 e. The first-order valence-corrected chi connectivity index (χ1v) is 6.48. The highest BCUT2D eigenvalue weighted by Crippen LogP contribution is 2.41. The first-order chi connectivity index (χ1) is 8.11. The van der Waals surface area contributed by atoms with Gasteiger partial charge in [0.25, 0.3) is 0 Å². The highest BCUT2D eigenvalue weighted by molar-refractivity contribution is 7.09. The van der Waals surface area contributed by atoms with Crippen molar-refractivity contribution in [3.8, 4) is 0 Å². The van der Waals surface area contributed by atoms with Gasteiger partial charge in [-0.1, -0.05) is 12.1 Å². The van der Waals surface area contributed by atoms with E-state index in [-0.39, 0.29) is 5.82 Å². The molecule has 0 radical (unpaired) electrons. The van der Waals surface area contributed by atoms with Crippen LogP contribution in [0.15, 0.2) is 23.6 Å². The number of thiazole rings is 1. The molecule has 1 atom stereocenters. The number of aromatic nitrogens is 1. The summed E-state index contributed by atoms with van der Waals surface area (Å²) in [6.07, 6.45) is 1.42. The van der Waals surface area contributed by atoms with Crippen LogP contribution in [0, 0.1) is 12.7 Å². The van der Waals surface area contributed by atoms with Crippen LogP contribution < -0.4 is 5.73 Å². The van der Waals surface area contributed by atoms with Crippen LogP contribution in [0.1, 0.15) is 28.2 Å². The van der Waals surface area contributed by atoms with Gasteiger partial charge in [0, 0.05) is 11.1 Å². The quantitative estimate of drug-likeness (QED) is 0.842. The first kappa shape index (κ1) is 10.9. The molecule has 0 bridgehead atoms. The minimum absolute atomic E-state index is 0.150. The van der Waals surface area contributed by atoms with Crippen LogP contribution in [-0.2, 0) is 12.0 Å². The molecule has 1 unspecified atom stereocenters. The van der Waals surface area contributed by atoms with E-state index < -0.39 is 5.54 Å². The number of nitrogens with two attached hydrogens (primary N) is 1. The number of halogens is 1. The maximum absolute atomic E-state index is 13.7. The summed E-state index contributed by atoms with van der Waals surface area (Å²) in [6.45, 7) is 1.95. The molecule has 1 aromatic heterocycles. The summed E-state index contributed by atoms with van der Waals surface area (Å²) >= 11 is 1.56. The van der Waals surface area contributed by atoms with Crippen molar-refractivity contribution in [2.45, 2.75) is 25.3 Å². The molecule has 2 nitrogen and oxygen atoms in total. The second-order valence-corrected chi connectivity index (χ2v) is 5.39. The fourth-order valence-corrected chi connectivity index (χ4v) is 3.42. The van der Waals surface area contributed by atoms with Crippen LogP contribution >= 0.6 is 11.3 Å². The Hall–Kier alpha value is -1.26. The summed E-state index contributed by atoms with van der Waals surface area (Å²) in [4.78, 5) is 4.46. The predicted octanol–water partition coefficient (Wildman–Crippen LogP) is 2.74. The van der Waals surface area contributed by atoms with E-state index in [1.165, 1.54) is 6.07 Å². The Kier molecular flexibility index (Phi) is 2.31. The van der Waals surface area contributed by atoms with Gasteiger partial charge in [0.15, 0.2) is 0 Å². The third kappa shape index (κ3) is 1.51. The van der Waals surface area contributed by atoms with E-state index in [9.17, 15) is 4.39 Å². The van der Waals surface area contributed by atoms with Crippen molar-refractivity contribution in [3.63, 3.8) is 0 Å². The highest BCUT2D eigenvalue weighted by Gasteiger charge is 2.40. The lowest BCUT2D eigenvalue weighted by Crippen LogP contribution is -2.35. The van der Waals surface area contributed by atoms with E-state index in [1.54, 1.807) is 17.4 Å². The van der Waals surface area contributed by atoms with Gasteiger partial charge in [0.2, 0.25) is 0 Å². The standard InChI is InChI=1S/C13H13FN2S/c1-8-7-17-12(16-8)13(15)6-5-9-10(13)3-2-4-11(9)14/h2-4,7H,5-6,15H2,1H3. The Morgan fingerprint density at radius 2 is 2.29 bits per heavy atom. The molecule has 0 aliphatic heterocycles. The molecule has 4 heteroatoms. The van der Waals surface area contributed by atoms with Gasteiger partial charge in [-0.05, 0) is 37.0 Å². The zero-order chi connectivity index (χ0) is 12.0.